The molecule has 0 spiro atoms. The zero-order chi connectivity index (χ0) is 15.1. The summed E-state index contributed by atoms with van der Waals surface area (Å²) in [6.07, 6.45) is 0.0172. The molecular formula is C14H18N2O4. The molecule has 0 unspecified atom stereocenters. The Balaban J connectivity index is 2.75. The third-order valence-corrected chi connectivity index (χ3v) is 2.62. The number of hydrogen-bond donors (Lipinski definition) is 1. The van der Waals surface area contributed by atoms with Gasteiger partial charge in [-0.2, -0.15) is 0 Å². The molecule has 1 N–H and O–H groups in total. The first-order valence-electron chi connectivity index (χ1n) is 6.13. The van der Waals surface area contributed by atoms with E-state index < -0.39 is 5.97 Å². The largest absolute Gasteiger partial charge is 0.469 e. The molecule has 0 radical (unpaired) electrons. The number of methoxy groups -OCH3 is 1. The van der Waals surface area contributed by atoms with E-state index in [0.717, 1.165) is 0 Å². The van der Waals surface area contributed by atoms with Crippen LogP contribution in [0, 0.1) is 0 Å². The van der Waals surface area contributed by atoms with E-state index in [2.05, 4.69) is 10.1 Å². The van der Waals surface area contributed by atoms with Crippen molar-refractivity contribution in [1.82, 2.24) is 4.90 Å². The fraction of sp³-hybridized carbons (Fsp3) is 0.357. The molecule has 1 aromatic carbocycles. The van der Waals surface area contributed by atoms with Crippen LogP contribution in [-0.4, -0.2) is 43.9 Å². The molecule has 20 heavy (non-hydrogen) atoms. The van der Waals surface area contributed by atoms with Crippen molar-refractivity contribution in [1.29, 1.82) is 0 Å². The summed E-state index contributed by atoms with van der Waals surface area (Å²) in [5, 5.41) is 2.63. The first-order chi connectivity index (χ1) is 9.45. The number of benzene rings is 1. The standard InChI is InChI=1S/C14H18N2O4/c1-16(2)14(19)10-6-4-5-7-11(10)15-12(17)8-9-13(18)20-3/h4-7H,8-9H2,1-3H3,(H,15,17). The second kappa shape index (κ2) is 7.28. The van der Waals surface area contributed by atoms with Crippen molar-refractivity contribution in [3.05, 3.63) is 29.8 Å². The quantitative estimate of drug-likeness (QED) is 0.823. The van der Waals surface area contributed by atoms with Gasteiger partial charge in [-0.3, -0.25) is 14.4 Å². The summed E-state index contributed by atoms with van der Waals surface area (Å²) in [7, 11) is 4.54. The SMILES string of the molecule is COC(=O)CCC(=O)Nc1ccccc1C(=O)N(C)C. The monoisotopic (exact) mass is 278 g/mol. The second-order valence-electron chi connectivity index (χ2n) is 4.37. The van der Waals surface area contributed by atoms with Crippen LogP contribution in [-0.2, 0) is 14.3 Å². The van der Waals surface area contributed by atoms with Gasteiger partial charge < -0.3 is 15.0 Å². The predicted molar refractivity (Wildman–Crippen MR) is 74.3 cm³/mol. The third-order valence-electron chi connectivity index (χ3n) is 2.62. The highest BCUT2D eigenvalue weighted by atomic mass is 16.5. The maximum absolute atomic E-state index is 12.0. The number of amides is 2. The van der Waals surface area contributed by atoms with Gasteiger partial charge in [-0.25, -0.2) is 0 Å². The number of ether oxygens (including phenoxy) is 1. The summed E-state index contributed by atoms with van der Waals surface area (Å²) in [6.45, 7) is 0. The van der Waals surface area contributed by atoms with Gasteiger partial charge in [0.2, 0.25) is 5.91 Å². The Morgan fingerprint density at radius 1 is 1.15 bits per heavy atom. The fourth-order valence-electron chi connectivity index (χ4n) is 1.55. The minimum atomic E-state index is -0.446. The van der Waals surface area contributed by atoms with Gasteiger partial charge in [-0.1, -0.05) is 12.1 Å². The van der Waals surface area contributed by atoms with Gasteiger partial charge in [0.1, 0.15) is 0 Å². The lowest BCUT2D eigenvalue weighted by Gasteiger charge is -2.14. The normalized spacial score (nSPS) is 9.75. The van der Waals surface area contributed by atoms with Crippen molar-refractivity contribution in [2.24, 2.45) is 0 Å². The lowest BCUT2D eigenvalue weighted by atomic mass is 10.1. The molecule has 0 aromatic heterocycles. The van der Waals surface area contributed by atoms with Crippen molar-refractivity contribution in [3.63, 3.8) is 0 Å². The molecule has 2 amide bonds. The van der Waals surface area contributed by atoms with E-state index in [4.69, 9.17) is 0 Å². The van der Waals surface area contributed by atoms with E-state index in [0.29, 0.717) is 11.3 Å². The lowest BCUT2D eigenvalue weighted by molar-refractivity contribution is -0.141. The number of anilines is 1. The molecule has 0 atom stereocenters. The zero-order valence-corrected chi connectivity index (χ0v) is 11.8. The zero-order valence-electron chi connectivity index (χ0n) is 11.8. The van der Waals surface area contributed by atoms with E-state index in [9.17, 15) is 14.4 Å². The molecule has 0 saturated heterocycles. The summed E-state index contributed by atoms with van der Waals surface area (Å²) < 4.78 is 4.46. The van der Waals surface area contributed by atoms with Crippen LogP contribution in [0.15, 0.2) is 24.3 Å². The third kappa shape index (κ3) is 4.38. The summed E-state index contributed by atoms with van der Waals surface area (Å²) in [6, 6.07) is 6.73. The minimum absolute atomic E-state index is 0.00608. The smallest absolute Gasteiger partial charge is 0.306 e. The van der Waals surface area contributed by atoms with Crippen LogP contribution in [0.2, 0.25) is 0 Å². The minimum Gasteiger partial charge on any atom is -0.469 e. The fourth-order valence-corrected chi connectivity index (χ4v) is 1.55. The van der Waals surface area contributed by atoms with Crippen LogP contribution in [0.5, 0.6) is 0 Å². The Kier molecular flexibility index (Phi) is 5.71. The van der Waals surface area contributed by atoms with Gasteiger partial charge in [-0.05, 0) is 12.1 Å². The molecule has 0 saturated carbocycles. The first-order valence-corrected chi connectivity index (χ1v) is 6.13. The summed E-state index contributed by atoms with van der Waals surface area (Å²) in [4.78, 5) is 36.1. The van der Waals surface area contributed by atoms with Gasteiger partial charge in [0.15, 0.2) is 0 Å². The van der Waals surface area contributed by atoms with E-state index in [1.807, 2.05) is 0 Å². The Hall–Kier alpha value is -2.37. The van der Waals surface area contributed by atoms with E-state index >= 15 is 0 Å². The number of carbonyl (C=O) groups excluding carboxylic acids is 3. The molecule has 0 heterocycles. The number of para-hydroxylation sites is 1. The van der Waals surface area contributed by atoms with Crippen molar-refractivity contribution < 1.29 is 19.1 Å². The van der Waals surface area contributed by atoms with Crippen LogP contribution in [0.3, 0.4) is 0 Å². The summed E-state index contributed by atoms with van der Waals surface area (Å²) >= 11 is 0. The second-order valence-corrected chi connectivity index (χ2v) is 4.37. The Bertz CT molecular complexity index is 512. The van der Waals surface area contributed by atoms with Crippen molar-refractivity contribution in [3.8, 4) is 0 Å². The van der Waals surface area contributed by atoms with Gasteiger partial charge in [-0.15, -0.1) is 0 Å². The number of nitrogens with one attached hydrogen (secondary N) is 1. The van der Waals surface area contributed by atoms with Crippen molar-refractivity contribution in [2.75, 3.05) is 26.5 Å². The topological polar surface area (TPSA) is 75.7 Å². The van der Waals surface area contributed by atoms with Crippen LogP contribution >= 0.6 is 0 Å². The van der Waals surface area contributed by atoms with Crippen molar-refractivity contribution >= 4 is 23.5 Å². The number of esters is 1. The molecule has 0 aliphatic rings. The number of carbonyl (C=O) groups is 3. The molecule has 6 heteroatoms. The van der Waals surface area contributed by atoms with E-state index in [1.54, 1.807) is 38.4 Å². The highest BCUT2D eigenvalue weighted by Gasteiger charge is 2.15. The molecule has 0 aliphatic heterocycles. The number of rotatable bonds is 5. The molecule has 0 aliphatic carbocycles. The Labute approximate surface area is 117 Å². The van der Waals surface area contributed by atoms with Crippen LogP contribution in [0.4, 0.5) is 5.69 Å². The molecule has 6 nitrogen and oxygen atoms in total. The molecule has 1 rings (SSSR count). The van der Waals surface area contributed by atoms with Crippen LogP contribution in [0.25, 0.3) is 0 Å². The average molecular weight is 278 g/mol. The first kappa shape index (κ1) is 15.7. The summed E-state index contributed by atoms with van der Waals surface area (Å²) in [5.74, 6) is -0.985. The predicted octanol–water partition coefficient (Wildman–Crippen LogP) is 1.28. The highest BCUT2D eigenvalue weighted by Crippen LogP contribution is 2.16. The number of nitrogens with zero attached hydrogens (tertiary/aromatic N) is 1. The highest BCUT2D eigenvalue weighted by molar-refractivity contribution is 6.03. The van der Waals surface area contributed by atoms with Gasteiger partial charge in [0, 0.05) is 20.5 Å². The van der Waals surface area contributed by atoms with Gasteiger partial charge in [0.05, 0.1) is 24.8 Å². The molecular weight excluding hydrogens is 260 g/mol. The van der Waals surface area contributed by atoms with Crippen LogP contribution < -0.4 is 5.32 Å². The molecule has 0 fully saturated rings. The summed E-state index contributed by atoms with van der Waals surface area (Å²) in [5.41, 5.74) is 0.838. The van der Waals surface area contributed by atoms with Gasteiger partial charge in [0.25, 0.3) is 5.91 Å². The van der Waals surface area contributed by atoms with E-state index in [1.165, 1.54) is 12.0 Å². The lowest BCUT2D eigenvalue weighted by Crippen LogP contribution is -2.24. The van der Waals surface area contributed by atoms with Crippen molar-refractivity contribution in [2.45, 2.75) is 12.8 Å². The number of hydrogen-bond acceptors (Lipinski definition) is 4. The maximum atomic E-state index is 12.0. The van der Waals surface area contributed by atoms with E-state index in [-0.39, 0.29) is 24.7 Å². The molecule has 0 bridgehead atoms. The molecule has 108 valence electrons. The maximum Gasteiger partial charge on any atom is 0.306 e. The Morgan fingerprint density at radius 3 is 2.40 bits per heavy atom. The van der Waals surface area contributed by atoms with Crippen LogP contribution in [0.1, 0.15) is 23.2 Å². The Morgan fingerprint density at radius 2 is 1.80 bits per heavy atom. The molecule has 1 aromatic rings. The average Bonchev–Trinajstić information content (AvgIpc) is 2.44. The van der Waals surface area contributed by atoms with Gasteiger partial charge >= 0.3 is 5.97 Å².